The number of hydrogen-bond acceptors (Lipinski definition) is 13. The number of amides is 9. The number of primary amides is 1. The normalized spacial score (nSPS) is 21.3. The van der Waals surface area contributed by atoms with Gasteiger partial charge in [0.25, 0.3) is 0 Å². The Morgan fingerprint density at radius 2 is 1.42 bits per heavy atom. The van der Waals surface area contributed by atoms with Crippen molar-refractivity contribution in [1.29, 1.82) is 5.41 Å². The second-order valence-corrected chi connectivity index (χ2v) is 20.8. The van der Waals surface area contributed by atoms with Gasteiger partial charge in [-0.2, -0.15) is 0 Å². The number of carbonyl (C=O) groups excluding carboxylic acids is 9. The van der Waals surface area contributed by atoms with Gasteiger partial charge in [-0.25, -0.2) is 13.4 Å². The first kappa shape index (κ1) is 58.5. The van der Waals surface area contributed by atoms with E-state index < -0.39 is 124 Å². The first-order valence-corrected chi connectivity index (χ1v) is 26.7. The maximum absolute atomic E-state index is 14.6. The Balaban J connectivity index is 1.55. The monoisotopic (exact) mass is 1070 g/mol. The zero-order chi connectivity index (χ0) is 55.4. The third-order valence-corrected chi connectivity index (χ3v) is 13.2. The number of guanidine groups is 1. The Bertz CT molecular complexity index is 2810. The van der Waals surface area contributed by atoms with Crippen LogP contribution >= 0.6 is 0 Å². The van der Waals surface area contributed by atoms with Gasteiger partial charge >= 0.3 is 0 Å². The van der Waals surface area contributed by atoms with Crippen LogP contribution in [0, 0.1) is 5.41 Å². The fourth-order valence-corrected chi connectivity index (χ4v) is 9.01. The summed E-state index contributed by atoms with van der Waals surface area (Å²) >= 11 is 0. The molecule has 26 nitrogen and oxygen atoms in total. The van der Waals surface area contributed by atoms with Crippen molar-refractivity contribution in [3.63, 3.8) is 0 Å². The molecule has 0 saturated carbocycles. The zero-order valence-electron chi connectivity index (χ0n) is 42.2. The van der Waals surface area contributed by atoms with Crippen LogP contribution < -0.4 is 59.3 Å². The van der Waals surface area contributed by atoms with Gasteiger partial charge in [0.15, 0.2) is 5.96 Å². The lowest BCUT2D eigenvalue weighted by Gasteiger charge is -2.28. The molecule has 1 aliphatic rings. The van der Waals surface area contributed by atoms with Crippen molar-refractivity contribution in [3.05, 3.63) is 90.1 Å². The molecule has 76 heavy (non-hydrogen) atoms. The first-order valence-electron chi connectivity index (χ1n) is 24.6. The number of nitrogens with one attached hydrogen (secondary N) is 12. The summed E-state index contributed by atoms with van der Waals surface area (Å²) in [5.74, 6) is -8.77. The first-order chi connectivity index (χ1) is 36.1. The number of para-hydroxylation sites is 1. The van der Waals surface area contributed by atoms with Crippen LogP contribution in [0.2, 0.25) is 0 Å². The van der Waals surface area contributed by atoms with Gasteiger partial charge in [0.2, 0.25) is 53.2 Å². The molecule has 16 N–H and O–H groups in total. The Morgan fingerprint density at radius 3 is 2.08 bits per heavy atom. The van der Waals surface area contributed by atoms with Crippen LogP contribution in [0.15, 0.2) is 73.3 Å². The molecule has 0 bridgehead atoms. The lowest BCUT2D eigenvalue weighted by molar-refractivity contribution is -0.136. The Morgan fingerprint density at radius 1 is 0.789 bits per heavy atom. The van der Waals surface area contributed by atoms with E-state index in [9.17, 15) is 51.6 Å². The number of aromatic amines is 2. The SMILES string of the molecule is CC(=O)N[C@@H](CCCNC(=N)N)C(=O)N[C@H]1CC(=O)NCCCC[C@@H](C(N)=O)NC(=O)[C@H](Cc2c[nH]c3ccccc23)NC(=O)[C@H](CCS(C)(=O)=O)NC(=O)[C@@H](Cc2ccccc2)NC(=O)[C@H](Cc2c[nH]cn2)NC1=O. The lowest BCUT2D eigenvalue weighted by atomic mass is 10.0. The molecule has 0 aliphatic carbocycles. The van der Waals surface area contributed by atoms with E-state index in [2.05, 4.69) is 62.8 Å². The smallest absolute Gasteiger partial charge is 0.243 e. The molecular formula is C49H67N15O11S. The lowest BCUT2D eigenvalue weighted by Crippen LogP contribution is -2.61. The molecule has 3 heterocycles. The van der Waals surface area contributed by atoms with E-state index >= 15 is 0 Å². The number of fused-ring (bicyclic) bond motifs is 1. The van der Waals surface area contributed by atoms with Crippen LogP contribution in [-0.2, 0) is 72.3 Å². The van der Waals surface area contributed by atoms with Crippen LogP contribution in [0.5, 0.6) is 0 Å². The zero-order valence-corrected chi connectivity index (χ0v) is 43.0. The van der Waals surface area contributed by atoms with E-state index in [1.165, 1.54) is 19.4 Å². The van der Waals surface area contributed by atoms with Crippen LogP contribution in [0.4, 0.5) is 0 Å². The number of nitrogens with zero attached hydrogens (tertiary/aromatic N) is 1. The van der Waals surface area contributed by atoms with Gasteiger partial charge in [-0.05, 0) is 55.7 Å². The highest BCUT2D eigenvalue weighted by Crippen LogP contribution is 2.20. The van der Waals surface area contributed by atoms with Gasteiger partial charge < -0.3 is 69.3 Å². The van der Waals surface area contributed by atoms with E-state index in [4.69, 9.17) is 16.9 Å². The number of aromatic nitrogens is 3. The third-order valence-electron chi connectivity index (χ3n) is 12.3. The number of carbonyl (C=O) groups is 9. The molecule has 4 aromatic rings. The van der Waals surface area contributed by atoms with Crippen molar-refractivity contribution in [3.8, 4) is 0 Å². The standard InChI is InChI=1S/C49H67N15O11S/c1-28(65)58-35(16-10-19-55-49(51)52)43(68)64-40-24-41(66)54-18-9-8-15-34(42(50)67)59-46(71)38(22-30-25-56-33-14-7-6-13-32(30)33)62-44(69)36(17-20-76(2,74)75)60-45(70)37(21-29-11-4-3-5-12-29)61-47(72)39(63-48(40)73)23-31-26-53-27-57-31/h3-7,11-14,25-27,34-40,56H,8-10,15-24H2,1-2H3,(H2,50,67)(H,53,57)(H,54,66)(H,58,65)(H,59,71)(H,60,70)(H,61,72)(H,62,69)(H,63,73)(H,64,68)(H4,51,52,55)/t34-,35-,36-,37+,38-,39-,40-/m0/s1. The number of rotatable bonds is 17. The third kappa shape index (κ3) is 19.2. The van der Waals surface area contributed by atoms with Gasteiger partial charge in [-0.3, -0.25) is 48.6 Å². The summed E-state index contributed by atoms with van der Waals surface area (Å²) in [6.07, 6.45) is 4.20. The van der Waals surface area contributed by atoms with E-state index in [1.807, 2.05) is 0 Å². The summed E-state index contributed by atoms with van der Waals surface area (Å²) in [4.78, 5) is 135. The molecule has 0 unspecified atom stereocenters. The molecular weight excluding hydrogens is 1010 g/mol. The van der Waals surface area contributed by atoms with Gasteiger partial charge in [0.1, 0.15) is 52.1 Å². The van der Waals surface area contributed by atoms with Crippen molar-refractivity contribution in [2.75, 3.05) is 25.1 Å². The summed E-state index contributed by atoms with van der Waals surface area (Å²) in [6, 6.07) is 5.27. The van der Waals surface area contributed by atoms with Gasteiger partial charge in [0.05, 0.1) is 24.2 Å². The van der Waals surface area contributed by atoms with Gasteiger partial charge in [-0.15, -0.1) is 0 Å². The topological polar surface area (TPSA) is 416 Å². The summed E-state index contributed by atoms with van der Waals surface area (Å²) in [7, 11) is -3.77. The average Bonchev–Trinajstić information content (AvgIpc) is 4.04. The van der Waals surface area contributed by atoms with Crippen LogP contribution in [-0.4, -0.2) is 150 Å². The van der Waals surface area contributed by atoms with Crippen molar-refractivity contribution < 1.29 is 51.6 Å². The second-order valence-electron chi connectivity index (χ2n) is 18.5. The molecule has 7 atom stereocenters. The van der Waals surface area contributed by atoms with Gasteiger partial charge in [0, 0.05) is 68.8 Å². The van der Waals surface area contributed by atoms with Crippen molar-refractivity contribution in [2.24, 2.45) is 11.5 Å². The van der Waals surface area contributed by atoms with E-state index in [-0.39, 0.29) is 76.1 Å². The molecule has 27 heteroatoms. The summed E-state index contributed by atoms with van der Waals surface area (Å²) < 4.78 is 25.2. The molecule has 0 spiro atoms. The van der Waals surface area contributed by atoms with Gasteiger partial charge in [-0.1, -0.05) is 48.5 Å². The van der Waals surface area contributed by atoms with Crippen molar-refractivity contribution in [2.45, 2.75) is 113 Å². The molecule has 9 amide bonds. The van der Waals surface area contributed by atoms with Crippen molar-refractivity contribution >= 4 is 79.9 Å². The largest absolute Gasteiger partial charge is 0.370 e. The molecule has 410 valence electrons. The highest BCUT2D eigenvalue weighted by atomic mass is 32.2. The minimum atomic E-state index is -3.77. The minimum absolute atomic E-state index is 0.00948. The fourth-order valence-electron chi connectivity index (χ4n) is 8.34. The number of benzene rings is 2. The maximum atomic E-state index is 14.6. The summed E-state index contributed by atoms with van der Waals surface area (Å²) in [5.41, 5.74) is 13.3. The fraction of sp³-hybridized carbons (Fsp3) is 0.449. The Labute approximate surface area is 438 Å². The molecule has 1 aliphatic heterocycles. The second kappa shape index (κ2) is 28.3. The molecule has 5 rings (SSSR count). The van der Waals surface area contributed by atoms with E-state index in [0.717, 1.165) is 11.8 Å². The summed E-state index contributed by atoms with van der Waals surface area (Å²) in [5, 5.41) is 31.6. The molecule has 0 radical (unpaired) electrons. The number of H-pyrrole nitrogens is 2. The highest BCUT2D eigenvalue weighted by molar-refractivity contribution is 7.90. The van der Waals surface area contributed by atoms with E-state index in [1.54, 1.807) is 60.8 Å². The molecule has 1 saturated heterocycles. The van der Waals surface area contributed by atoms with Crippen LogP contribution in [0.25, 0.3) is 10.9 Å². The minimum Gasteiger partial charge on any atom is -0.370 e. The molecule has 1 fully saturated rings. The number of nitrogens with two attached hydrogens (primary N) is 2. The number of hydrogen-bond donors (Lipinski definition) is 14. The number of sulfone groups is 1. The summed E-state index contributed by atoms with van der Waals surface area (Å²) in [6.45, 7) is 1.32. The Kier molecular flexibility index (Phi) is 21.8. The quantitative estimate of drug-likeness (QED) is 0.0289. The molecule has 2 aromatic carbocycles. The van der Waals surface area contributed by atoms with Crippen molar-refractivity contribution in [1.82, 2.24) is 62.8 Å². The molecule has 2 aromatic heterocycles. The maximum Gasteiger partial charge on any atom is 0.243 e. The predicted octanol–water partition coefficient (Wildman–Crippen LogP) is -2.79. The van der Waals surface area contributed by atoms with Crippen LogP contribution in [0.1, 0.15) is 68.7 Å². The highest BCUT2D eigenvalue weighted by Gasteiger charge is 2.36. The number of imidazole rings is 1. The predicted molar refractivity (Wildman–Crippen MR) is 278 cm³/mol. The van der Waals surface area contributed by atoms with E-state index in [0.29, 0.717) is 16.5 Å². The Hall–Kier alpha value is -8.36. The average molecular weight is 1070 g/mol. The van der Waals surface area contributed by atoms with Crippen LogP contribution in [0.3, 0.4) is 0 Å².